The average molecular weight is 397 g/mol. The molecule has 1 N–H and O–H groups in total. The van der Waals surface area contributed by atoms with E-state index in [-0.39, 0.29) is 11.8 Å². The predicted octanol–water partition coefficient (Wildman–Crippen LogP) is 2.49. The van der Waals surface area contributed by atoms with Crippen LogP contribution in [0.3, 0.4) is 0 Å². The van der Waals surface area contributed by atoms with Gasteiger partial charge in [-0.3, -0.25) is 9.59 Å². The number of nitrogens with one attached hydrogen (secondary N) is 1. The van der Waals surface area contributed by atoms with Crippen molar-refractivity contribution in [3.63, 3.8) is 0 Å². The molecule has 1 aliphatic rings. The Morgan fingerprint density at radius 2 is 1.66 bits per heavy atom. The molecule has 1 aliphatic heterocycles. The highest BCUT2D eigenvalue weighted by atomic mass is 16.5. The highest BCUT2D eigenvalue weighted by molar-refractivity contribution is 5.98. The van der Waals surface area contributed by atoms with E-state index in [4.69, 9.17) is 9.47 Å². The molecule has 1 saturated heterocycles. The molecule has 29 heavy (non-hydrogen) atoms. The summed E-state index contributed by atoms with van der Waals surface area (Å²) in [5, 5.41) is 2.82. The highest BCUT2D eigenvalue weighted by Gasteiger charge is 2.21. The first-order valence-electron chi connectivity index (χ1n) is 9.65. The number of carbonyl (C=O) groups excluding carboxylic acids is 2. The molecule has 1 heterocycles. The molecule has 0 aliphatic carbocycles. The fraction of sp³-hybridized carbons (Fsp3) is 0.364. The van der Waals surface area contributed by atoms with Crippen LogP contribution in [0.25, 0.3) is 0 Å². The first-order chi connectivity index (χ1) is 14.0. The molecule has 1 fully saturated rings. The van der Waals surface area contributed by atoms with Crippen molar-refractivity contribution in [3.05, 3.63) is 54.1 Å². The van der Waals surface area contributed by atoms with Gasteiger partial charge in [0.25, 0.3) is 11.8 Å². The maximum Gasteiger partial charge on any atom is 0.265 e. The van der Waals surface area contributed by atoms with E-state index in [9.17, 15) is 9.59 Å². The molecule has 1 atom stereocenters. The molecule has 1 unspecified atom stereocenters. The summed E-state index contributed by atoms with van der Waals surface area (Å²) in [4.78, 5) is 29.3. The van der Waals surface area contributed by atoms with Crippen LogP contribution in [0.4, 0.5) is 5.69 Å². The minimum atomic E-state index is -0.694. The molecule has 0 saturated carbocycles. The third-order valence-corrected chi connectivity index (χ3v) is 4.91. The summed E-state index contributed by atoms with van der Waals surface area (Å²) < 4.78 is 10.8. The van der Waals surface area contributed by atoms with Gasteiger partial charge < -0.3 is 24.6 Å². The number of ether oxygens (including phenoxy) is 2. The second-order valence-corrected chi connectivity index (χ2v) is 7.10. The summed E-state index contributed by atoms with van der Waals surface area (Å²) in [5.74, 6) is 0.991. The molecule has 2 amide bonds. The molecule has 0 aromatic heterocycles. The lowest BCUT2D eigenvalue weighted by molar-refractivity contribution is -0.122. The quantitative estimate of drug-likeness (QED) is 0.811. The van der Waals surface area contributed by atoms with Gasteiger partial charge in [0, 0.05) is 37.4 Å². The zero-order valence-corrected chi connectivity index (χ0v) is 17.1. The highest BCUT2D eigenvalue weighted by Crippen LogP contribution is 2.19. The first-order valence-corrected chi connectivity index (χ1v) is 9.65. The number of hydrogen-bond donors (Lipinski definition) is 1. The van der Waals surface area contributed by atoms with Crippen LogP contribution in [0.5, 0.6) is 11.5 Å². The van der Waals surface area contributed by atoms with Gasteiger partial charge in [0.05, 0.1) is 7.11 Å². The van der Waals surface area contributed by atoms with E-state index in [1.165, 1.54) is 0 Å². The largest absolute Gasteiger partial charge is 0.497 e. The summed E-state index contributed by atoms with van der Waals surface area (Å²) in [5.41, 5.74) is 1.14. The molecule has 0 bridgehead atoms. The third-order valence-electron chi connectivity index (χ3n) is 4.91. The van der Waals surface area contributed by atoms with Gasteiger partial charge in [0.2, 0.25) is 0 Å². The minimum absolute atomic E-state index is 0.0169. The van der Waals surface area contributed by atoms with Gasteiger partial charge in [-0.2, -0.15) is 0 Å². The Kier molecular flexibility index (Phi) is 6.72. The van der Waals surface area contributed by atoms with E-state index in [0.717, 1.165) is 18.8 Å². The van der Waals surface area contributed by atoms with E-state index in [0.29, 0.717) is 30.1 Å². The SMILES string of the molecule is COc1ccc(OC(C)C(=O)Nc2cccc(C(=O)N3CCN(C)CC3)c2)cc1. The summed E-state index contributed by atoms with van der Waals surface area (Å²) in [6, 6.07) is 14.1. The molecule has 3 rings (SSSR count). The minimum Gasteiger partial charge on any atom is -0.497 e. The van der Waals surface area contributed by atoms with Crippen LogP contribution in [0.15, 0.2) is 48.5 Å². The van der Waals surface area contributed by atoms with Crippen LogP contribution in [0.1, 0.15) is 17.3 Å². The molecule has 7 heteroatoms. The van der Waals surface area contributed by atoms with Gasteiger partial charge in [-0.05, 0) is 56.4 Å². The van der Waals surface area contributed by atoms with E-state index in [1.807, 2.05) is 11.9 Å². The lowest BCUT2D eigenvalue weighted by Gasteiger charge is -2.32. The van der Waals surface area contributed by atoms with Gasteiger partial charge >= 0.3 is 0 Å². The second kappa shape index (κ2) is 9.43. The predicted molar refractivity (Wildman–Crippen MR) is 112 cm³/mol. The number of rotatable bonds is 6. The van der Waals surface area contributed by atoms with Crippen LogP contribution in [0.2, 0.25) is 0 Å². The number of benzene rings is 2. The van der Waals surface area contributed by atoms with Crippen LogP contribution in [0, 0.1) is 0 Å². The van der Waals surface area contributed by atoms with Gasteiger partial charge in [-0.1, -0.05) is 6.07 Å². The average Bonchev–Trinajstić information content (AvgIpc) is 2.74. The Hall–Kier alpha value is -3.06. The zero-order valence-electron chi connectivity index (χ0n) is 17.1. The van der Waals surface area contributed by atoms with Crippen molar-refractivity contribution in [2.45, 2.75) is 13.0 Å². The summed E-state index contributed by atoms with van der Waals surface area (Å²) >= 11 is 0. The maximum absolute atomic E-state index is 12.7. The van der Waals surface area contributed by atoms with Gasteiger partial charge in [0.1, 0.15) is 11.5 Å². The Balaban J connectivity index is 1.59. The number of piperazine rings is 1. The molecule has 7 nitrogen and oxygen atoms in total. The smallest absolute Gasteiger partial charge is 0.265 e. The topological polar surface area (TPSA) is 71.1 Å². The number of likely N-dealkylation sites (N-methyl/N-ethyl adjacent to an activating group) is 1. The second-order valence-electron chi connectivity index (χ2n) is 7.10. The van der Waals surface area contributed by atoms with Crippen molar-refractivity contribution in [3.8, 4) is 11.5 Å². The monoisotopic (exact) mass is 397 g/mol. The number of hydrogen-bond acceptors (Lipinski definition) is 5. The Labute approximate surface area is 171 Å². The van der Waals surface area contributed by atoms with Crippen molar-refractivity contribution in [2.75, 3.05) is 45.7 Å². The van der Waals surface area contributed by atoms with Crippen molar-refractivity contribution in [1.29, 1.82) is 0 Å². The van der Waals surface area contributed by atoms with Crippen LogP contribution in [-0.2, 0) is 4.79 Å². The summed E-state index contributed by atoms with van der Waals surface area (Å²) in [6.45, 7) is 4.82. The Morgan fingerprint density at radius 1 is 1.00 bits per heavy atom. The van der Waals surface area contributed by atoms with Gasteiger partial charge in [-0.15, -0.1) is 0 Å². The van der Waals surface area contributed by atoms with Crippen LogP contribution < -0.4 is 14.8 Å². The van der Waals surface area contributed by atoms with Crippen LogP contribution in [-0.4, -0.2) is 68.1 Å². The van der Waals surface area contributed by atoms with E-state index >= 15 is 0 Å². The molecule has 2 aromatic rings. The fourth-order valence-corrected chi connectivity index (χ4v) is 3.08. The lowest BCUT2D eigenvalue weighted by atomic mass is 10.1. The van der Waals surface area contributed by atoms with Crippen LogP contribution >= 0.6 is 0 Å². The van der Waals surface area contributed by atoms with Crippen molar-refractivity contribution < 1.29 is 19.1 Å². The van der Waals surface area contributed by atoms with Crippen molar-refractivity contribution >= 4 is 17.5 Å². The normalized spacial score (nSPS) is 15.5. The molecular formula is C22H27N3O4. The number of nitrogens with zero attached hydrogens (tertiary/aromatic N) is 2. The molecular weight excluding hydrogens is 370 g/mol. The number of carbonyl (C=O) groups is 2. The molecule has 154 valence electrons. The lowest BCUT2D eigenvalue weighted by Crippen LogP contribution is -2.47. The molecule has 2 aromatic carbocycles. The Morgan fingerprint density at radius 3 is 2.31 bits per heavy atom. The number of anilines is 1. The molecule has 0 spiro atoms. The third kappa shape index (κ3) is 5.48. The van der Waals surface area contributed by atoms with E-state index in [2.05, 4.69) is 10.2 Å². The number of methoxy groups -OCH3 is 1. The van der Waals surface area contributed by atoms with E-state index < -0.39 is 6.10 Å². The maximum atomic E-state index is 12.7. The molecule has 0 radical (unpaired) electrons. The zero-order chi connectivity index (χ0) is 20.8. The Bertz CT molecular complexity index is 845. The van der Waals surface area contributed by atoms with Crippen molar-refractivity contribution in [2.24, 2.45) is 0 Å². The van der Waals surface area contributed by atoms with Gasteiger partial charge in [-0.25, -0.2) is 0 Å². The fourth-order valence-electron chi connectivity index (χ4n) is 3.08. The summed E-state index contributed by atoms with van der Waals surface area (Å²) in [6.07, 6.45) is -0.694. The van der Waals surface area contributed by atoms with E-state index in [1.54, 1.807) is 62.6 Å². The summed E-state index contributed by atoms with van der Waals surface area (Å²) in [7, 11) is 3.64. The van der Waals surface area contributed by atoms with Gasteiger partial charge in [0.15, 0.2) is 6.10 Å². The first kappa shape index (κ1) is 20.7. The number of amides is 2. The van der Waals surface area contributed by atoms with Crippen molar-refractivity contribution in [1.82, 2.24) is 9.80 Å². The standard InChI is InChI=1S/C22H27N3O4/c1-16(29-20-9-7-19(28-3)8-10-20)21(26)23-18-6-4-5-17(15-18)22(27)25-13-11-24(2)12-14-25/h4-10,15-16H,11-14H2,1-3H3,(H,23,26).